The van der Waals surface area contributed by atoms with Crippen molar-refractivity contribution in [1.29, 1.82) is 0 Å². The summed E-state index contributed by atoms with van der Waals surface area (Å²) >= 11 is 1.54. The highest BCUT2D eigenvalue weighted by Crippen LogP contribution is 2.37. The fourth-order valence-corrected chi connectivity index (χ4v) is 4.83. The first-order valence-corrected chi connectivity index (χ1v) is 9.26. The molecule has 1 aromatic rings. The van der Waals surface area contributed by atoms with Crippen LogP contribution in [-0.4, -0.2) is 25.2 Å². The van der Waals surface area contributed by atoms with Crippen LogP contribution >= 0.6 is 11.3 Å². The highest BCUT2D eigenvalue weighted by Gasteiger charge is 2.30. The van der Waals surface area contributed by atoms with Crippen molar-refractivity contribution in [1.82, 2.24) is 4.72 Å². The maximum atomic E-state index is 12.0. The number of sulfonamides is 1. The van der Waals surface area contributed by atoms with E-state index in [4.69, 9.17) is 5.11 Å². The Kier molecular flexibility index (Phi) is 5.17. The Morgan fingerprint density at radius 1 is 1.45 bits per heavy atom. The molecule has 0 radical (unpaired) electrons. The summed E-state index contributed by atoms with van der Waals surface area (Å²) in [5.74, 6) is -1.14. The Morgan fingerprint density at radius 3 is 2.70 bits per heavy atom. The smallest absolute Gasteiger partial charge is 0.304 e. The van der Waals surface area contributed by atoms with Crippen LogP contribution in [0, 0.1) is 5.92 Å². The second-order valence-corrected chi connectivity index (χ2v) is 7.97. The summed E-state index contributed by atoms with van der Waals surface area (Å²) < 4.78 is 26.8. The summed E-state index contributed by atoms with van der Waals surface area (Å²) in [6, 6.07) is 3.64. The van der Waals surface area contributed by atoms with Crippen LogP contribution in [0.2, 0.25) is 0 Å². The van der Waals surface area contributed by atoms with Crippen molar-refractivity contribution in [2.24, 2.45) is 5.92 Å². The highest BCUT2D eigenvalue weighted by atomic mass is 32.2. The van der Waals surface area contributed by atoms with Gasteiger partial charge in [0.05, 0.1) is 18.2 Å². The van der Waals surface area contributed by atoms with E-state index >= 15 is 0 Å². The molecule has 1 fully saturated rings. The van der Waals surface area contributed by atoms with Crippen LogP contribution in [0.1, 0.15) is 43.0 Å². The molecule has 0 amide bonds. The van der Waals surface area contributed by atoms with Crippen LogP contribution in [0.15, 0.2) is 17.5 Å². The maximum Gasteiger partial charge on any atom is 0.304 e. The summed E-state index contributed by atoms with van der Waals surface area (Å²) in [5.41, 5.74) is 0. The molecule has 0 saturated heterocycles. The van der Waals surface area contributed by atoms with Gasteiger partial charge in [-0.3, -0.25) is 4.79 Å². The lowest BCUT2D eigenvalue weighted by Crippen LogP contribution is -2.34. The zero-order chi connectivity index (χ0) is 14.6. The molecule has 0 aliphatic heterocycles. The lowest BCUT2D eigenvalue weighted by Gasteiger charge is -2.23. The molecular weight excluding hydrogens is 298 g/mol. The van der Waals surface area contributed by atoms with Crippen LogP contribution in [0.5, 0.6) is 0 Å². The molecule has 7 heteroatoms. The number of carboxylic acid groups (broad SMARTS) is 1. The molecule has 2 rings (SSSR count). The minimum atomic E-state index is -3.56. The van der Waals surface area contributed by atoms with Crippen molar-refractivity contribution < 1.29 is 18.3 Å². The number of hydrogen-bond acceptors (Lipinski definition) is 4. The fraction of sp³-hybridized carbons (Fsp3) is 0.615. The second-order valence-electron chi connectivity index (χ2n) is 5.12. The first-order chi connectivity index (χ1) is 9.48. The highest BCUT2D eigenvalue weighted by molar-refractivity contribution is 7.89. The van der Waals surface area contributed by atoms with Crippen molar-refractivity contribution in [3.63, 3.8) is 0 Å². The first kappa shape index (κ1) is 15.5. The van der Waals surface area contributed by atoms with Gasteiger partial charge in [0.1, 0.15) is 0 Å². The zero-order valence-electron chi connectivity index (χ0n) is 11.1. The van der Waals surface area contributed by atoms with Gasteiger partial charge in [0.25, 0.3) is 0 Å². The Labute approximate surface area is 123 Å². The van der Waals surface area contributed by atoms with E-state index in [0.29, 0.717) is 5.92 Å². The van der Waals surface area contributed by atoms with E-state index in [2.05, 4.69) is 4.72 Å². The molecule has 112 valence electrons. The van der Waals surface area contributed by atoms with Gasteiger partial charge >= 0.3 is 5.97 Å². The standard InChI is InChI=1S/C13H19NO4S2/c15-12(16)7-9-20(17,18)14-13(10-4-1-2-5-10)11-6-3-8-19-11/h3,6,8,10,13-14H,1-2,4-5,7,9H2,(H,15,16). The molecule has 1 heterocycles. The third-order valence-corrected chi connectivity index (χ3v) is 5.92. The van der Waals surface area contributed by atoms with Gasteiger partial charge < -0.3 is 5.11 Å². The second kappa shape index (κ2) is 6.69. The number of thiophene rings is 1. The van der Waals surface area contributed by atoms with Gasteiger partial charge in [-0.1, -0.05) is 18.9 Å². The van der Waals surface area contributed by atoms with E-state index in [9.17, 15) is 13.2 Å². The van der Waals surface area contributed by atoms with E-state index in [1.54, 1.807) is 0 Å². The SMILES string of the molecule is O=C(O)CCS(=O)(=O)NC(c1cccs1)C1CCCC1. The Balaban J connectivity index is 2.09. The molecule has 1 aliphatic rings. The number of carbonyl (C=O) groups is 1. The average Bonchev–Trinajstić information content (AvgIpc) is 3.06. The molecule has 1 aromatic heterocycles. The van der Waals surface area contributed by atoms with Crippen LogP contribution in [-0.2, 0) is 14.8 Å². The van der Waals surface area contributed by atoms with Crippen LogP contribution in [0.3, 0.4) is 0 Å². The normalized spacial score (nSPS) is 18.2. The molecule has 0 aromatic carbocycles. The van der Waals surface area contributed by atoms with E-state index < -0.39 is 16.0 Å². The lowest BCUT2D eigenvalue weighted by atomic mass is 9.98. The lowest BCUT2D eigenvalue weighted by molar-refractivity contribution is -0.136. The maximum absolute atomic E-state index is 12.0. The summed E-state index contributed by atoms with van der Waals surface area (Å²) in [7, 11) is -3.56. The predicted molar refractivity (Wildman–Crippen MR) is 78.2 cm³/mol. The monoisotopic (exact) mass is 317 g/mol. The minimum Gasteiger partial charge on any atom is -0.481 e. The Morgan fingerprint density at radius 2 is 2.15 bits per heavy atom. The quantitative estimate of drug-likeness (QED) is 0.808. The van der Waals surface area contributed by atoms with Crippen molar-refractivity contribution in [2.75, 3.05) is 5.75 Å². The average molecular weight is 317 g/mol. The molecule has 1 aliphatic carbocycles. The molecule has 0 bridgehead atoms. The van der Waals surface area contributed by atoms with Gasteiger partial charge in [-0.05, 0) is 30.2 Å². The van der Waals surface area contributed by atoms with Gasteiger partial charge in [0.15, 0.2) is 0 Å². The van der Waals surface area contributed by atoms with Crippen molar-refractivity contribution in [3.05, 3.63) is 22.4 Å². The topological polar surface area (TPSA) is 83.5 Å². The number of nitrogens with one attached hydrogen (secondary N) is 1. The molecule has 5 nitrogen and oxygen atoms in total. The first-order valence-electron chi connectivity index (χ1n) is 6.73. The van der Waals surface area contributed by atoms with Crippen molar-refractivity contribution >= 4 is 27.3 Å². The minimum absolute atomic E-state index is 0.212. The summed E-state index contributed by atoms with van der Waals surface area (Å²) in [5, 5.41) is 10.5. The van der Waals surface area contributed by atoms with Gasteiger partial charge in [-0.15, -0.1) is 11.3 Å². The van der Waals surface area contributed by atoms with Gasteiger partial charge in [-0.25, -0.2) is 13.1 Å². The third-order valence-electron chi connectivity index (χ3n) is 3.61. The third kappa shape index (κ3) is 4.29. The number of aliphatic carboxylic acids is 1. The summed E-state index contributed by atoms with van der Waals surface area (Å²) in [4.78, 5) is 11.5. The van der Waals surface area contributed by atoms with E-state index in [-0.39, 0.29) is 18.2 Å². The molecule has 2 N–H and O–H groups in total. The number of hydrogen-bond donors (Lipinski definition) is 2. The summed E-state index contributed by atoms with van der Waals surface area (Å²) in [6.07, 6.45) is 3.93. The molecule has 1 atom stereocenters. The van der Waals surface area contributed by atoms with Gasteiger partial charge in [0, 0.05) is 4.88 Å². The number of carboxylic acids is 1. The van der Waals surface area contributed by atoms with Gasteiger partial charge in [-0.2, -0.15) is 0 Å². The van der Waals surface area contributed by atoms with E-state index in [0.717, 1.165) is 30.6 Å². The Hall–Kier alpha value is -0.920. The van der Waals surface area contributed by atoms with E-state index in [1.165, 1.54) is 11.3 Å². The predicted octanol–water partition coefficient (Wildman–Crippen LogP) is 2.37. The molecule has 1 unspecified atom stereocenters. The van der Waals surface area contributed by atoms with E-state index in [1.807, 2.05) is 17.5 Å². The summed E-state index contributed by atoms with van der Waals surface area (Å²) in [6.45, 7) is 0. The molecule has 1 saturated carbocycles. The number of rotatable bonds is 7. The molecule has 0 spiro atoms. The molecule has 20 heavy (non-hydrogen) atoms. The largest absolute Gasteiger partial charge is 0.481 e. The van der Waals surface area contributed by atoms with Crippen LogP contribution in [0.4, 0.5) is 0 Å². The fourth-order valence-electron chi connectivity index (χ4n) is 2.62. The van der Waals surface area contributed by atoms with Crippen LogP contribution in [0.25, 0.3) is 0 Å². The van der Waals surface area contributed by atoms with Crippen LogP contribution < -0.4 is 4.72 Å². The Bertz CT molecular complexity index is 533. The van der Waals surface area contributed by atoms with Crippen molar-refractivity contribution in [3.8, 4) is 0 Å². The van der Waals surface area contributed by atoms with Gasteiger partial charge in [0.2, 0.25) is 10.0 Å². The molecular formula is C13H19NO4S2. The van der Waals surface area contributed by atoms with Crippen molar-refractivity contribution in [2.45, 2.75) is 38.1 Å². The zero-order valence-corrected chi connectivity index (χ0v) is 12.8.